The van der Waals surface area contributed by atoms with E-state index in [-0.39, 0.29) is 18.2 Å². The van der Waals surface area contributed by atoms with E-state index >= 15 is 0 Å². The van der Waals surface area contributed by atoms with E-state index in [9.17, 15) is 9.90 Å². The number of nitrogens with zero attached hydrogens (tertiary/aromatic N) is 3. The van der Waals surface area contributed by atoms with Gasteiger partial charge in [-0.15, -0.1) is 10.2 Å². The van der Waals surface area contributed by atoms with Crippen molar-refractivity contribution < 1.29 is 14.6 Å². The van der Waals surface area contributed by atoms with Crippen LogP contribution in [0.2, 0.25) is 0 Å². The highest BCUT2D eigenvalue weighted by Crippen LogP contribution is 2.41. The van der Waals surface area contributed by atoms with Crippen LogP contribution in [0.15, 0.2) is 47.9 Å². The molecule has 0 bridgehead atoms. The van der Waals surface area contributed by atoms with Gasteiger partial charge in [0, 0.05) is 16.9 Å². The Bertz CT molecular complexity index is 1100. The second kappa shape index (κ2) is 8.34. The summed E-state index contributed by atoms with van der Waals surface area (Å²) in [5.74, 6) is -0.119. The van der Waals surface area contributed by atoms with Crippen molar-refractivity contribution in [2.24, 2.45) is 17.3 Å². The van der Waals surface area contributed by atoms with Gasteiger partial charge in [0.1, 0.15) is 5.75 Å². The molecule has 0 aliphatic carbocycles. The number of rotatable bonds is 4. The number of fused-ring (bicyclic) bond motifs is 1. The van der Waals surface area contributed by atoms with Gasteiger partial charge in [0.05, 0.1) is 14.5 Å². The van der Waals surface area contributed by atoms with Gasteiger partial charge in [-0.05, 0) is 97.0 Å². The molecule has 28 heavy (non-hydrogen) atoms. The third-order valence-corrected chi connectivity index (χ3v) is 5.85. The van der Waals surface area contributed by atoms with Gasteiger partial charge in [0.25, 0.3) is 0 Å². The van der Waals surface area contributed by atoms with Crippen LogP contribution in [-0.4, -0.2) is 22.2 Å². The third kappa shape index (κ3) is 4.16. The van der Waals surface area contributed by atoms with E-state index in [1.807, 2.05) is 38.1 Å². The molecule has 6 nitrogen and oxygen atoms in total. The lowest BCUT2D eigenvalue weighted by Crippen LogP contribution is -2.08. The molecule has 3 aromatic rings. The molecule has 0 radical (unpaired) electrons. The Morgan fingerprint density at radius 2 is 1.64 bits per heavy atom. The van der Waals surface area contributed by atoms with Gasteiger partial charge in [-0.1, -0.05) is 0 Å². The summed E-state index contributed by atoms with van der Waals surface area (Å²) in [5, 5.41) is 18.8. The molecule has 1 N–H and O–H groups in total. The summed E-state index contributed by atoms with van der Waals surface area (Å²) in [5.41, 5.74) is 3.05. The highest BCUT2D eigenvalue weighted by atomic mass is 79.9. The number of halogens is 3. The lowest BCUT2D eigenvalue weighted by Gasteiger charge is -2.09. The van der Waals surface area contributed by atoms with Crippen LogP contribution in [0.25, 0.3) is 10.9 Å². The largest absolute Gasteiger partial charge is 0.493 e. The highest BCUT2D eigenvalue weighted by Gasteiger charge is 2.18. The van der Waals surface area contributed by atoms with E-state index in [1.165, 1.54) is 0 Å². The number of ether oxygens (including phenoxy) is 1. The Hall–Kier alpha value is -1.71. The van der Waals surface area contributed by atoms with E-state index in [0.29, 0.717) is 11.1 Å². The maximum atomic E-state index is 12.2. The molecule has 146 valence electrons. The normalized spacial score (nSPS) is 11.5. The molecule has 0 aliphatic heterocycles. The van der Waals surface area contributed by atoms with E-state index in [1.54, 1.807) is 11.6 Å². The topological polar surface area (TPSA) is 76.2 Å². The Morgan fingerprint density at radius 3 is 2.29 bits per heavy atom. The second-order valence-electron chi connectivity index (χ2n) is 6.31. The van der Waals surface area contributed by atoms with Gasteiger partial charge in [0.15, 0.2) is 12.3 Å². The van der Waals surface area contributed by atoms with Crippen LogP contribution in [0, 0.1) is 13.8 Å². The standard InChI is InChI=1S/C19H16Br3N3O3/c1-9-4-11-16(19(27)25(3)17(11)12(20)5-9)24-23-15(26)8-28-18-13(21)6-10(2)7-14(18)22/h4-7,27H,8H2,1-3H3. The van der Waals surface area contributed by atoms with Crippen molar-refractivity contribution in [2.75, 3.05) is 6.61 Å². The van der Waals surface area contributed by atoms with E-state index in [0.717, 1.165) is 30.1 Å². The van der Waals surface area contributed by atoms with Crippen LogP contribution in [0.3, 0.4) is 0 Å². The van der Waals surface area contributed by atoms with Gasteiger partial charge in [-0.2, -0.15) is 0 Å². The molecule has 0 atom stereocenters. The molecular weight excluding hydrogens is 558 g/mol. The molecule has 0 aliphatic rings. The maximum Gasteiger partial charge on any atom is 0.302 e. The van der Waals surface area contributed by atoms with Crippen molar-refractivity contribution in [1.29, 1.82) is 0 Å². The van der Waals surface area contributed by atoms with E-state index < -0.39 is 5.91 Å². The summed E-state index contributed by atoms with van der Waals surface area (Å²) in [4.78, 5) is 12.2. The minimum absolute atomic E-state index is 0.0669. The van der Waals surface area contributed by atoms with Crippen LogP contribution in [0.5, 0.6) is 11.6 Å². The Morgan fingerprint density at radius 1 is 1.07 bits per heavy atom. The summed E-state index contributed by atoms with van der Waals surface area (Å²) in [6, 6.07) is 7.61. The molecule has 1 aromatic heterocycles. The first kappa shape index (κ1) is 21.0. The zero-order valence-electron chi connectivity index (χ0n) is 15.3. The number of azo groups is 1. The summed E-state index contributed by atoms with van der Waals surface area (Å²) in [6.45, 7) is 3.61. The lowest BCUT2D eigenvalue weighted by atomic mass is 10.1. The minimum Gasteiger partial charge on any atom is -0.493 e. The molecule has 0 spiro atoms. The fourth-order valence-corrected chi connectivity index (χ4v) is 5.32. The predicted molar refractivity (Wildman–Crippen MR) is 119 cm³/mol. The van der Waals surface area contributed by atoms with Crippen LogP contribution >= 0.6 is 47.8 Å². The zero-order chi connectivity index (χ0) is 20.6. The maximum absolute atomic E-state index is 12.2. The van der Waals surface area contributed by atoms with Crippen molar-refractivity contribution in [3.05, 3.63) is 48.8 Å². The van der Waals surface area contributed by atoms with Crippen molar-refractivity contribution in [3.63, 3.8) is 0 Å². The fourth-order valence-electron chi connectivity index (χ4n) is 2.83. The van der Waals surface area contributed by atoms with Crippen molar-refractivity contribution >= 4 is 70.3 Å². The first-order valence-corrected chi connectivity index (χ1v) is 10.6. The molecule has 2 aromatic carbocycles. The molecule has 0 fully saturated rings. The van der Waals surface area contributed by atoms with Crippen molar-refractivity contribution in [1.82, 2.24) is 4.57 Å². The van der Waals surface area contributed by atoms with Gasteiger partial charge in [-0.25, -0.2) is 0 Å². The smallest absolute Gasteiger partial charge is 0.302 e. The van der Waals surface area contributed by atoms with Crippen molar-refractivity contribution in [2.45, 2.75) is 13.8 Å². The van der Waals surface area contributed by atoms with Gasteiger partial charge in [0.2, 0.25) is 5.88 Å². The highest BCUT2D eigenvalue weighted by molar-refractivity contribution is 9.11. The molecule has 1 heterocycles. The number of aryl methyl sites for hydroxylation is 3. The molecule has 3 rings (SSSR count). The first-order valence-electron chi connectivity index (χ1n) is 8.19. The first-order chi connectivity index (χ1) is 13.2. The molecule has 0 saturated heterocycles. The average Bonchev–Trinajstić information content (AvgIpc) is 2.82. The number of aromatic nitrogens is 1. The lowest BCUT2D eigenvalue weighted by molar-refractivity contribution is -0.120. The second-order valence-corrected chi connectivity index (χ2v) is 8.88. The predicted octanol–water partition coefficient (Wildman–Crippen LogP) is 6.48. The quantitative estimate of drug-likeness (QED) is 0.363. The van der Waals surface area contributed by atoms with Gasteiger partial charge in [-0.3, -0.25) is 4.79 Å². The van der Waals surface area contributed by atoms with Crippen molar-refractivity contribution in [3.8, 4) is 11.6 Å². The van der Waals surface area contributed by atoms with Gasteiger partial charge >= 0.3 is 5.91 Å². The van der Waals surface area contributed by atoms with Crippen LogP contribution in [0.4, 0.5) is 5.69 Å². The number of hydrogen-bond acceptors (Lipinski definition) is 4. The van der Waals surface area contributed by atoms with Crippen LogP contribution < -0.4 is 4.74 Å². The fraction of sp³-hybridized carbons (Fsp3) is 0.211. The molecule has 1 amide bonds. The number of aromatic hydroxyl groups is 1. The Balaban J connectivity index is 1.83. The summed E-state index contributed by atoms with van der Waals surface area (Å²) in [7, 11) is 1.72. The monoisotopic (exact) mass is 571 g/mol. The molecular formula is C19H16Br3N3O3. The SMILES string of the molecule is Cc1cc(Br)c(OCC(=O)N=Nc2c(O)n(C)c3c(Br)cc(C)cc23)c(Br)c1. The number of hydrogen-bond donors (Lipinski definition) is 1. The summed E-state index contributed by atoms with van der Waals surface area (Å²) >= 11 is 10.3. The van der Waals surface area contributed by atoms with Gasteiger partial charge < -0.3 is 14.4 Å². The number of carbonyl (C=O) groups is 1. The number of carbonyl (C=O) groups excluding carboxylic acids is 1. The minimum atomic E-state index is -0.567. The number of benzene rings is 2. The Kier molecular flexibility index (Phi) is 6.26. The van der Waals surface area contributed by atoms with Crippen LogP contribution in [0.1, 0.15) is 11.1 Å². The van der Waals surface area contributed by atoms with E-state index in [2.05, 4.69) is 58.0 Å². The molecule has 0 unspecified atom stereocenters. The van der Waals surface area contributed by atoms with E-state index in [4.69, 9.17) is 4.74 Å². The summed E-state index contributed by atoms with van der Waals surface area (Å²) in [6.07, 6.45) is 0. The summed E-state index contributed by atoms with van der Waals surface area (Å²) < 4.78 is 9.44. The zero-order valence-corrected chi connectivity index (χ0v) is 20.0. The Labute approximate surface area is 187 Å². The average molecular weight is 574 g/mol. The molecule has 9 heteroatoms. The number of amides is 1. The van der Waals surface area contributed by atoms with Crippen LogP contribution in [-0.2, 0) is 11.8 Å². The third-order valence-electron chi connectivity index (χ3n) is 4.07. The molecule has 0 saturated carbocycles.